The standard InChI is InChI=1S/C23H23F2N5O2S/c1-15(17-4-3-5-19(10-17)23(24,25)13-26)29-21-20-11-18(12-30(2)22(20)28-14-27-21)16-6-8-33(31,32)9-7-16/h3-6,10-11,14-15H,7-9,12H2,1-2H3,(H,27,28,29)/t15-/m1/s1. The molecular weight excluding hydrogens is 448 g/mol. The third-order valence-electron chi connectivity index (χ3n) is 5.87. The van der Waals surface area contributed by atoms with Gasteiger partial charge in [-0.25, -0.2) is 18.4 Å². The van der Waals surface area contributed by atoms with Gasteiger partial charge in [-0.3, -0.25) is 0 Å². The zero-order valence-electron chi connectivity index (χ0n) is 18.2. The minimum Gasteiger partial charge on any atom is -0.363 e. The van der Waals surface area contributed by atoms with E-state index in [9.17, 15) is 17.2 Å². The molecule has 0 spiro atoms. The second-order valence-corrected chi connectivity index (χ2v) is 10.5. The number of halogens is 2. The summed E-state index contributed by atoms with van der Waals surface area (Å²) in [6, 6.07) is 6.41. The zero-order chi connectivity index (χ0) is 23.8. The van der Waals surface area contributed by atoms with Gasteiger partial charge in [0.05, 0.1) is 17.1 Å². The first-order valence-electron chi connectivity index (χ1n) is 10.4. The molecule has 0 saturated carbocycles. The largest absolute Gasteiger partial charge is 0.363 e. The molecule has 0 aliphatic carbocycles. The highest BCUT2D eigenvalue weighted by molar-refractivity contribution is 7.91. The maximum Gasteiger partial charge on any atom is 0.357 e. The lowest BCUT2D eigenvalue weighted by atomic mass is 9.97. The number of rotatable bonds is 5. The summed E-state index contributed by atoms with van der Waals surface area (Å²) in [6.07, 6.45) is 5.64. The molecular formula is C23H23F2N5O2S. The average Bonchev–Trinajstić information content (AvgIpc) is 2.79. The first-order valence-corrected chi connectivity index (χ1v) is 12.2. The van der Waals surface area contributed by atoms with E-state index in [1.807, 2.05) is 24.9 Å². The Morgan fingerprint density at radius 1 is 1.27 bits per heavy atom. The second kappa shape index (κ2) is 8.56. The van der Waals surface area contributed by atoms with Gasteiger partial charge in [0.2, 0.25) is 0 Å². The zero-order valence-corrected chi connectivity index (χ0v) is 19.0. The van der Waals surface area contributed by atoms with Crippen molar-refractivity contribution in [1.82, 2.24) is 9.97 Å². The van der Waals surface area contributed by atoms with Gasteiger partial charge >= 0.3 is 5.92 Å². The van der Waals surface area contributed by atoms with E-state index in [-0.39, 0.29) is 23.1 Å². The molecule has 33 heavy (non-hydrogen) atoms. The number of likely N-dealkylation sites (N-methyl/N-ethyl adjacent to an activating group) is 1. The Hall–Kier alpha value is -3.32. The van der Waals surface area contributed by atoms with Crippen LogP contribution in [-0.4, -0.2) is 43.5 Å². The van der Waals surface area contributed by atoms with Crippen LogP contribution < -0.4 is 10.2 Å². The molecule has 10 heteroatoms. The summed E-state index contributed by atoms with van der Waals surface area (Å²) >= 11 is 0. The maximum absolute atomic E-state index is 13.8. The van der Waals surface area contributed by atoms with Crippen molar-refractivity contribution in [3.05, 3.63) is 64.5 Å². The number of benzene rings is 1. The van der Waals surface area contributed by atoms with Crippen LogP contribution in [0.3, 0.4) is 0 Å². The van der Waals surface area contributed by atoms with E-state index in [0.717, 1.165) is 28.6 Å². The number of sulfone groups is 1. The average molecular weight is 472 g/mol. The Bertz CT molecular complexity index is 1300. The lowest BCUT2D eigenvalue weighted by Gasteiger charge is -2.30. The highest BCUT2D eigenvalue weighted by Gasteiger charge is 2.31. The number of hydrogen-bond acceptors (Lipinski definition) is 7. The van der Waals surface area contributed by atoms with Crippen molar-refractivity contribution in [2.24, 2.45) is 0 Å². The van der Waals surface area contributed by atoms with Crippen LogP contribution >= 0.6 is 0 Å². The predicted octanol–water partition coefficient (Wildman–Crippen LogP) is 3.84. The van der Waals surface area contributed by atoms with Gasteiger partial charge in [0, 0.05) is 25.2 Å². The highest BCUT2D eigenvalue weighted by atomic mass is 32.2. The lowest BCUT2D eigenvalue weighted by Crippen LogP contribution is -2.28. The summed E-state index contributed by atoms with van der Waals surface area (Å²) in [5, 5.41) is 12.0. The number of nitriles is 1. The molecule has 2 aromatic rings. The molecule has 172 valence electrons. The topological polar surface area (TPSA) is 99.0 Å². The fourth-order valence-electron chi connectivity index (χ4n) is 4.01. The number of fused-ring (bicyclic) bond motifs is 1. The first kappa shape index (κ1) is 22.9. The number of hydrogen-bond donors (Lipinski definition) is 1. The Balaban J connectivity index is 1.65. The number of aromatic nitrogens is 2. The number of nitrogens with zero attached hydrogens (tertiary/aromatic N) is 4. The number of anilines is 2. The van der Waals surface area contributed by atoms with Gasteiger partial charge in [-0.2, -0.15) is 14.0 Å². The monoisotopic (exact) mass is 471 g/mol. The SMILES string of the molecule is C[C@@H](Nc1ncnc2c1C=C(C1=CCS(=O)(=O)CC1)CN2C)c1cccc(C(F)(F)C#N)c1. The smallest absolute Gasteiger partial charge is 0.357 e. The molecule has 3 heterocycles. The molecule has 0 radical (unpaired) electrons. The molecule has 0 bridgehead atoms. The number of nitrogens with one attached hydrogen (secondary N) is 1. The van der Waals surface area contributed by atoms with Gasteiger partial charge in [0.1, 0.15) is 24.0 Å². The van der Waals surface area contributed by atoms with Crippen LogP contribution in [0.2, 0.25) is 0 Å². The van der Waals surface area contributed by atoms with Crippen molar-refractivity contribution in [3.8, 4) is 6.07 Å². The minimum absolute atomic E-state index is 0.0351. The van der Waals surface area contributed by atoms with Gasteiger partial charge in [-0.05, 0) is 42.2 Å². The molecule has 2 aliphatic heterocycles. The van der Waals surface area contributed by atoms with E-state index in [2.05, 4.69) is 15.3 Å². The van der Waals surface area contributed by atoms with Crippen LogP contribution in [-0.2, 0) is 15.8 Å². The van der Waals surface area contributed by atoms with Crippen LogP contribution in [0.25, 0.3) is 6.08 Å². The summed E-state index contributed by atoms with van der Waals surface area (Å²) in [6.45, 7) is 2.42. The van der Waals surface area contributed by atoms with Gasteiger partial charge in [0.15, 0.2) is 9.84 Å². The molecule has 0 fully saturated rings. The predicted molar refractivity (Wildman–Crippen MR) is 123 cm³/mol. The molecule has 7 nitrogen and oxygen atoms in total. The Morgan fingerprint density at radius 3 is 2.76 bits per heavy atom. The summed E-state index contributed by atoms with van der Waals surface area (Å²) in [5.74, 6) is -2.14. The van der Waals surface area contributed by atoms with E-state index >= 15 is 0 Å². The molecule has 1 atom stereocenters. The van der Waals surface area contributed by atoms with Crippen LogP contribution in [0.15, 0.2) is 47.8 Å². The Morgan fingerprint density at radius 2 is 2.06 bits per heavy atom. The first-order chi connectivity index (χ1) is 15.6. The fourth-order valence-corrected chi connectivity index (χ4v) is 5.16. The molecule has 4 rings (SSSR count). The van der Waals surface area contributed by atoms with Crippen molar-refractivity contribution in [3.63, 3.8) is 0 Å². The maximum atomic E-state index is 13.8. The third kappa shape index (κ3) is 4.73. The van der Waals surface area contributed by atoms with Gasteiger partial charge < -0.3 is 10.2 Å². The van der Waals surface area contributed by atoms with Crippen LogP contribution in [0, 0.1) is 11.3 Å². The van der Waals surface area contributed by atoms with Gasteiger partial charge in [-0.15, -0.1) is 0 Å². The molecule has 0 amide bonds. The van der Waals surface area contributed by atoms with Crippen LogP contribution in [0.5, 0.6) is 0 Å². The summed E-state index contributed by atoms with van der Waals surface area (Å²) in [7, 11) is -1.12. The van der Waals surface area contributed by atoms with Gasteiger partial charge in [-0.1, -0.05) is 24.3 Å². The molecule has 1 N–H and O–H groups in total. The van der Waals surface area contributed by atoms with E-state index in [1.54, 1.807) is 12.1 Å². The quantitative estimate of drug-likeness (QED) is 0.707. The number of alkyl halides is 2. The Kier molecular flexibility index (Phi) is 5.93. The van der Waals surface area contributed by atoms with Crippen molar-refractivity contribution in [1.29, 1.82) is 5.26 Å². The van der Waals surface area contributed by atoms with Crippen molar-refractivity contribution in [2.45, 2.75) is 25.3 Å². The van der Waals surface area contributed by atoms with Crippen LogP contribution in [0.4, 0.5) is 20.4 Å². The normalized spacial score (nSPS) is 18.5. The molecule has 0 unspecified atom stereocenters. The Labute approximate surface area is 191 Å². The summed E-state index contributed by atoms with van der Waals surface area (Å²) in [5.41, 5.74) is 2.98. The third-order valence-corrected chi connectivity index (χ3v) is 7.37. The molecule has 2 aliphatic rings. The lowest BCUT2D eigenvalue weighted by molar-refractivity contribution is 0.0612. The minimum atomic E-state index is -3.56. The van der Waals surface area contributed by atoms with E-state index < -0.39 is 15.8 Å². The van der Waals surface area contributed by atoms with E-state index in [4.69, 9.17) is 5.26 Å². The molecule has 0 saturated heterocycles. The summed E-state index contributed by atoms with van der Waals surface area (Å²) < 4.78 is 51.2. The van der Waals surface area contributed by atoms with E-state index in [0.29, 0.717) is 24.3 Å². The van der Waals surface area contributed by atoms with E-state index in [1.165, 1.54) is 24.5 Å². The van der Waals surface area contributed by atoms with Crippen molar-refractivity contribution in [2.75, 3.05) is 35.3 Å². The van der Waals surface area contributed by atoms with Gasteiger partial charge in [0.25, 0.3) is 0 Å². The highest BCUT2D eigenvalue weighted by Crippen LogP contribution is 2.36. The molecule has 1 aromatic heterocycles. The van der Waals surface area contributed by atoms with Crippen LogP contribution in [0.1, 0.15) is 36.1 Å². The van der Waals surface area contributed by atoms with Crippen molar-refractivity contribution >= 4 is 27.5 Å². The summed E-state index contributed by atoms with van der Waals surface area (Å²) in [4.78, 5) is 10.7. The molecule has 1 aromatic carbocycles. The fraction of sp³-hybridized carbons (Fsp3) is 0.348. The van der Waals surface area contributed by atoms with Crippen molar-refractivity contribution < 1.29 is 17.2 Å². The second-order valence-electron chi connectivity index (χ2n) is 8.26.